The van der Waals surface area contributed by atoms with Crippen LogP contribution in [0.25, 0.3) is 11.5 Å². The number of pyridine rings is 1. The summed E-state index contributed by atoms with van der Waals surface area (Å²) in [7, 11) is 0. The summed E-state index contributed by atoms with van der Waals surface area (Å²) in [5, 5.41) is 0. The van der Waals surface area contributed by atoms with Crippen LogP contribution in [0.2, 0.25) is 0 Å². The van der Waals surface area contributed by atoms with Gasteiger partial charge in [-0.2, -0.15) is 18.2 Å². The van der Waals surface area contributed by atoms with Crippen LogP contribution in [0.1, 0.15) is 21.6 Å². The van der Waals surface area contributed by atoms with E-state index in [9.17, 15) is 22.4 Å². The number of ketones is 1. The van der Waals surface area contributed by atoms with Gasteiger partial charge in [0.05, 0.1) is 0 Å². The first-order valence-electron chi connectivity index (χ1n) is 9.25. The van der Waals surface area contributed by atoms with Gasteiger partial charge in [-0.05, 0) is 60.7 Å². The predicted octanol–water partition coefficient (Wildman–Crippen LogP) is 5.72. The van der Waals surface area contributed by atoms with E-state index in [0.717, 1.165) is 0 Å². The van der Waals surface area contributed by atoms with E-state index in [-0.39, 0.29) is 28.9 Å². The second kappa shape index (κ2) is 8.54. The summed E-state index contributed by atoms with van der Waals surface area (Å²) >= 11 is 0. The maximum Gasteiger partial charge on any atom is 0.433 e. The Balaban J connectivity index is 1.61. The van der Waals surface area contributed by atoms with Crippen LogP contribution in [0.4, 0.5) is 17.6 Å². The number of alkyl halides is 3. The van der Waals surface area contributed by atoms with E-state index in [2.05, 4.69) is 15.0 Å². The fourth-order valence-electron chi connectivity index (χ4n) is 2.80. The van der Waals surface area contributed by atoms with Crippen molar-refractivity contribution in [3.63, 3.8) is 0 Å². The molecule has 0 N–H and O–H groups in total. The van der Waals surface area contributed by atoms with Gasteiger partial charge >= 0.3 is 6.18 Å². The fraction of sp³-hybridized carbons (Fsp3) is 0.0435. The number of benzene rings is 2. The third-order valence-corrected chi connectivity index (χ3v) is 4.33. The van der Waals surface area contributed by atoms with E-state index in [1.165, 1.54) is 60.8 Å². The first-order chi connectivity index (χ1) is 15.3. The van der Waals surface area contributed by atoms with Crippen LogP contribution in [0.5, 0.6) is 11.6 Å². The van der Waals surface area contributed by atoms with Gasteiger partial charge in [0.25, 0.3) is 0 Å². The van der Waals surface area contributed by atoms with Gasteiger partial charge in [0, 0.05) is 23.4 Å². The number of rotatable bonds is 5. The molecule has 0 aliphatic heterocycles. The van der Waals surface area contributed by atoms with Crippen molar-refractivity contribution >= 4 is 5.78 Å². The Morgan fingerprint density at radius 1 is 0.844 bits per heavy atom. The molecule has 2 aromatic heterocycles. The van der Waals surface area contributed by atoms with Crippen LogP contribution in [0.3, 0.4) is 0 Å². The predicted molar refractivity (Wildman–Crippen MR) is 107 cm³/mol. The summed E-state index contributed by atoms with van der Waals surface area (Å²) in [5.41, 5.74) is -0.419. The largest absolute Gasteiger partial charge is 0.439 e. The third kappa shape index (κ3) is 4.77. The lowest BCUT2D eigenvalue weighted by molar-refractivity contribution is -0.141. The highest BCUT2D eigenvalue weighted by Crippen LogP contribution is 2.32. The van der Waals surface area contributed by atoms with Gasteiger partial charge in [-0.1, -0.05) is 6.07 Å². The Kier molecular flexibility index (Phi) is 5.63. The molecular formula is C23H13F4N3O2. The van der Waals surface area contributed by atoms with Crippen molar-refractivity contribution in [2.45, 2.75) is 6.18 Å². The van der Waals surface area contributed by atoms with Gasteiger partial charge in [-0.15, -0.1) is 0 Å². The van der Waals surface area contributed by atoms with Crippen molar-refractivity contribution in [1.29, 1.82) is 0 Å². The molecule has 0 unspecified atom stereocenters. The van der Waals surface area contributed by atoms with E-state index in [1.807, 2.05) is 0 Å². The first-order valence-corrected chi connectivity index (χ1v) is 9.25. The molecule has 2 heterocycles. The van der Waals surface area contributed by atoms with Crippen LogP contribution in [0, 0.1) is 5.82 Å². The maximum absolute atomic E-state index is 13.3. The molecule has 9 heteroatoms. The van der Waals surface area contributed by atoms with Crippen molar-refractivity contribution in [3.05, 3.63) is 102 Å². The minimum absolute atomic E-state index is 0.156. The zero-order chi connectivity index (χ0) is 22.7. The van der Waals surface area contributed by atoms with Gasteiger partial charge < -0.3 is 4.74 Å². The van der Waals surface area contributed by atoms with Crippen molar-refractivity contribution in [1.82, 2.24) is 15.0 Å². The second-order valence-corrected chi connectivity index (χ2v) is 6.59. The molecule has 160 valence electrons. The van der Waals surface area contributed by atoms with Crippen LogP contribution in [-0.2, 0) is 6.18 Å². The Labute approximate surface area is 179 Å². The average molecular weight is 439 g/mol. The van der Waals surface area contributed by atoms with Gasteiger partial charge in [-0.25, -0.2) is 9.37 Å². The van der Waals surface area contributed by atoms with Crippen molar-refractivity contribution in [2.24, 2.45) is 0 Å². The average Bonchev–Trinajstić information content (AvgIpc) is 2.79. The van der Waals surface area contributed by atoms with Crippen LogP contribution in [0.15, 0.2) is 79.0 Å². The Morgan fingerprint density at radius 2 is 1.50 bits per heavy atom. The summed E-state index contributed by atoms with van der Waals surface area (Å²) in [6, 6.07) is 16.2. The number of hydrogen-bond acceptors (Lipinski definition) is 5. The minimum atomic E-state index is -4.71. The summed E-state index contributed by atoms with van der Waals surface area (Å²) in [6.45, 7) is 0. The molecule has 32 heavy (non-hydrogen) atoms. The maximum atomic E-state index is 13.3. The van der Waals surface area contributed by atoms with E-state index in [1.54, 1.807) is 12.1 Å². The van der Waals surface area contributed by atoms with Crippen molar-refractivity contribution in [2.75, 3.05) is 0 Å². The molecule has 4 rings (SSSR count). The van der Waals surface area contributed by atoms with Crippen molar-refractivity contribution in [3.8, 4) is 23.1 Å². The number of aromatic nitrogens is 3. The Bertz CT molecular complexity index is 1240. The topological polar surface area (TPSA) is 65.0 Å². The number of ether oxygens (including phenoxy) is 1. The van der Waals surface area contributed by atoms with Gasteiger partial charge in [0.1, 0.15) is 17.3 Å². The zero-order valence-electron chi connectivity index (χ0n) is 16.2. The molecule has 4 aromatic rings. The van der Waals surface area contributed by atoms with Crippen LogP contribution in [-0.4, -0.2) is 20.7 Å². The monoisotopic (exact) mass is 439 g/mol. The number of hydrogen-bond donors (Lipinski definition) is 0. The molecule has 0 radical (unpaired) electrons. The molecule has 0 atom stereocenters. The molecule has 0 saturated carbocycles. The Hall–Kier alpha value is -4.14. The number of carbonyl (C=O) groups excluding carboxylic acids is 1. The minimum Gasteiger partial charge on any atom is -0.439 e. The highest BCUT2D eigenvalue weighted by Gasteiger charge is 2.34. The van der Waals surface area contributed by atoms with E-state index in [4.69, 9.17) is 4.74 Å². The third-order valence-electron chi connectivity index (χ3n) is 4.33. The lowest BCUT2D eigenvalue weighted by Gasteiger charge is -2.11. The van der Waals surface area contributed by atoms with Gasteiger partial charge in [0.15, 0.2) is 17.3 Å². The van der Waals surface area contributed by atoms with Crippen LogP contribution >= 0.6 is 0 Å². The second-order valence-electron chi connectivity index (χ2n) is 6.59. The molecule has 0 spiro atoms. The molecule has 0 fully saturated rings. The number of halogens is 4. The van der Waals surface area contributed by atoms with E-state index >= 15 is 0 Å². The highest BCUT2D eigenvalue weighted by atomic mass is 19.4. The zero-order valence-corrected chi connectivity index (χ0v) is 16.2. The molecule has 2 aromatic carbocycles. The normalized spacial score (nSPS) is 11.2. The highest BCUT2D eigenvalue weighted by molar-refractivity contribution is 6.09. The van der Waals surface area contributed by atoms with Gasteiger partial charge in [0.2, 0.25) is 5.88 Å². The smallest absolute Gasteiger partial charge is 0.433 e. The molecule has 0 aliphatic carbocycles. The standard InChI is InChI=1S/C23H13F4N3O2/c24-16-8-4-14(5-9-16)21(31)15-6-10-17(11-7-15)32-20-13-19(23(25,26)27)29-22(30-20)18-3-1-2-12-28-18/h1-13H. The molecule has 0 aliphatic rings. The fourth-order valence-corrected chi connectivity index (χ4v) is 2.80. The molecular weight excluding hydrogens is 426 g/mol. The Morgan fingerprint density at radius 3 is 2.09 bits per heavy atom. The SMILES string of the molecule is O=C(c1ccc(F)cc1)c1ccc(Oc2cc(C(F)(F)F)nc(-c3ccccn3)n2)cc1. The number of nitrogens with zero attached hydrogens (tertiary/aromatic N) is 3. The van der Waals surface area contributed by atoms with E-state index in [0.29, 0.717) is 17.2 Å². The first kappa shape index (κ1) is 21.1. The summed E-state index contributed by atoms with van der Waals surface area (Å²) in [6.07, 6.45) is -3.30. The number of carbonyl (C=O) groups is 1. The van der Waals surface area contributed by atoms with E-state index < -0.39 is 17.7 Å². The van der Waals surface area contributed by atoms with Crippen LogP contribution < -0.4 is 4.74 Å². The lowest BCUT2D eigenvalue weighted by atomic mass is 10.0. The molecule has 0 bridgehead atoms. The molecule has 0 saturated heterocycles. The van der Waals surface area contributed by atoms with Crippen molar-refractivity contribution < 1.29 is 27.1 Å². The quantitative estimate of drug-likeness (QED) is 0.294. The molecule has 5 nitrogen and oxygen atoms in total. The summed E-state index contributed by atoms with van der Waals surface area (Å²) in [5.74, 6) is -1.20. The summed E-state index contributed by atoms with van der Waals surface area (Å²) < 4.78 is 58.4. The molecule has 0 amide bonds. The lowest BCUT2D eigenvalue weighted by Crippen LogP contribution is -2.10. The van der Waals surface area contributed by atoms with Gasteiger partial charge in [-0.3, -0.25) is 9.78 Å². The summed E-state index contributed by atoms with van der Waals surface area (Å²) in [4.78, 5) is 24.0.